The maximum absolute atomic E-state index is 12.4. The predicted octanol–water partition coefficient (Wildman–Crippen LogP) is 1.89. The number of hydrogen-bond acceptors (Lipinski definition) is 4. The second-order valence-electron chi connectivity index (χ2n) is 6.43. The van der Waals surface area contributed by atoms with E-state index in [1.54, 1.807) is 12.1 Å². The van der Waals surface area contributed by atoms with Crippen LogP contribution in [0.1, 0.15) is 45.7 Å². The number of aliphatic imine (C=N–C) groups is 1. The SMILES string of the molecule is CS(=O)(=O)O.Cc1c(Cl)cc2c3c1cc(C(=O)N=C(N)N)n3CCCCC2=O. The van der Waals surface area contributed by atoms with Gasteiger partial charge in [-0.15, -0.1) is 0 Å². The molecule has 3 rings (SSSR count). The Bertz CT molecular complexity index is 1080. The first-order valence-electron chi connectivity index (χ1n) is 8.32. The fraction of sp³-hybridized carbons (Fsp3) is 0.353. The van der Waals surface area contributed by atoms with Crippen LogP contribution in [0.15, 0.2) is 17.1 Å². The van der Waals surface area contributed by atoms with Crippen molar-refractivity contribution in [3.8, 4) is 0 Å². The third kappa shape index (κ3) is 5.09. The minimum absolute atomic E-state index is 0.0387. The average Bonchev–Trinajstić information content (AvgIpc) is 2.90. The maximum atomic E-state index is 12.4. The fourth-order valence-electron chi connectivity index (χ4n) is 3.04. The molecule has 9 nitrogen and oxygen atoms in total. The number of ketones is 1. The van der Waals surface area contributed by atoms with Gasteiger partial charge in [0.2, 0.25) is 0 Å². The van der Waals surface area contributed by atoms with Gasteiger partial charge in [-0.3, -0.25) is 14.1 Å². The summed E-state index contributed by atoms with van der Waals surface area (Å²) in [6.45, 7) is 2.50. The Balaban J connectivity index is 0.000000500. The van der Waals surface area contributed by atoms with Gasteiger partial charge >= 0.3 is 0 Å². The number of carbonyl (C=O) groups is 2. The second kappa shape index (κ2) is 8.29. The van der Waals surface area contributed by atoms with E-state index in [0.717, 1.165) is 29.3 Å². The van der Waals surface area contributed by atoms with Gasteiger partial charge in [-0.25, -0.2) is 0 Å². The molecule has 0 saturated carbocycles. The summed E-state index contributed by atoms with van der Waals surface area (Å²) in [6.07, 6.45) is 2.77. The van der Waals surface area contributed by atoms with Crippen molar-refractivity contribution in [2.75, 3.05) is 6.26 Å². The molecular formula is C17H21ClN4O5S. The summed E-state index contributed by atoms with van der Waals surface area (Å²) in [5.41, 5.74) is 13.1. The van der Waals surface area contributed by atoms with Crippen molar-refractivity contribution in [1.82, 2.24) is 4.57 Å². The molecule has 2 aromatic rings. The average molecular weight is 429 g/mol. The largest absolute Gasteiger partial charge is 0.370 e. The third-order valence-electron chi connectivity index (χ3n) is 4.17. The van der Waals surface area contributed by atoms with E-state index in [9.17, 15) is 18.0 Å². The van der Waals surface area contributed by atoms with Gasteiger partial charge < -0.3 is 16.0 Å². The summed E-state index contributed by atoms with van der Waals surface area (Å²) >= 11 is 6.27. The summed E-state index contributed by atoms with van der Waals surface area (Å²) in [5.74, 6) is -0.766. The maximum Gasteiger partial charge on any atom is 0.296 e. The third-order valence-corrected chi connectivity index (χ3v) is 4.56. The van der Waals surface area contributed by atoms with Gasteiger partial charge in [-0.1, -0.05) is 11.6 Å². The Hall–Kier alpha value is -2.43. The summed E-state index contributed by atoms with van der Waals surface area (Å²) in [6, 6.07) is 3.41. The number of Topliss-reactive ketones (excluding diaryl/α,β-unsaturated/α-hetero) is 1. The van der Waals surface area contributed by atoms with Gasteiger partial charge in [-0.05, 0) is 37.5 Å². The summed E-state index contributed by atoms with van der Waals surface area (Å²) in [5, 5.41) is 1.30. The summed E-state index contributed by atoms with van der Waals surface area (Å²) in [7, 11) is -3.67. The van der Waals surface area contributed by atoms with Crippen molar-refractivity contribution >= 4 is 50.3 Å². The van der Waals surface area contributed by atoms with Gasteiger partial charge in [0.1, 0.15) is 5.69 Å². The molecule has 1 aromatic carbocycles. The molecule has 0 spiro atoms. The molecule has 1 aliphatic rings. The molecule has 0 atom stereocenters. The molecule has 0 aliphatic carbocycles. The van der Waals surface area contributed by atoms with E-state index in [4.69, 9.17) is 27.6 Å². The van der Waals surface area contributed by atoms with E-state index in [1.165, 1.54) is 0 Å². The molecule has 0 bridgehead atoms. The zero-order chi connectivity index (χ0) is 21.2. The minimum Gasteiger partial charge on any atom is -0.370 e. The Morgan fingerprint density at radius 2 is 1.89 bits per heavy atom. The predicted molar refractivity (Wildman–Crippen MR) is 107 cm³/mol. The topological polar surface area (TPSA) is 158 Å². The lowest BCUT2D eigenvalue weighted by atomic mass is 9.99. The molecule has 0 unspecified atom stereocenters. The Morgan fingerprint density at radius 3 is 2.46 bits per heavy atom. The highest BCUT2D eigenvalue weighted by molar-refractivity contribution is 7.85. The van der Waals surface area contributed by atoms with Crippen LogP contribution in [0.5, 0.6) is 0 Å². The Kier molecular flexibility index (Phi) is 6.48. The Morgan fingerprint density at radius 1 is 1.29 bits per heavy atom. The number of aromatic nitrogens is 1. The van der Waals surface area contributed by atoms with Gasteiger partial charge in [-0.2, -0.15) is 13.4 Å². The lowest BCUT2D eigenvalue weighted by molar-refractivity contribution is 0.0969. The first-order chi connectivity index (χ1) is 12.9. The van der Waals surface area contributed by atoms with Crippen molar-refractivity contribution in [3.05, 3.63) is 34.0 Å². The van der Waals surface area contributed by atoms with Crippen LogP contribution in [0.25, 0.3) is 10.9 Å². The molecular weight excluding hydrogens is 408 g/mol. The summed E-state index contributed by atoms with van der Waals surface area (Å²) < 4.78 is 27.7. The molecule has 1 aromatic heterocycles. The van der Waals surface area contributed by atoms with Gasteiger partial charge in [0.25, 0.3) is 16.0 Å². The van der Waals surface area contributed by atoms with Crippen molar-refractivity contribution in [1.29, 1.82) is 0 Å². The summed E-state index contributed by atoms with van der Waals surface area (Å²) in [4.78, 5) is 28.4. The van der Waals surface area contributed by atoms with Crippen LogP contribution in [0.3, 0.4) is 0 Å². The lowest BCUT2D eigenvalue weighted by Gasteiger charge is -2.16. The second-order valence-corrected chi connectivity index (χ2v) is 8.30. The first-order valence-corrected chi connectivity index (χ1v) is 10.5. The number of amides is 1. The molecule has 1 amide bonds. The number of benzene rings is 1. The number of carbonyl (C=O) groups excluding carboxylic acids is 2. The molecule has 11 heteroatoms. The number of nitrogens with two attached hydrogens (primary N) is 2. The highest BCUT2D eigenvalue weighted by Gasteiger charge is 2.24. The monoisotopic (exact) mass is 428 g/mol. The quantitative estimate of drug-likeness (QED) is 0.355. The van der Waals surface area contributed by atoms with Crippen LogP contribution in [0.4, 0.5) is 0 Å². The molecule has 1 aliphatic heterocycles. The van der Waals surface area contributed by atoms with Crippen LogP contribution >= 0.6 is 11.6 Å². The smallest absolute Gasteiger partial charge is 0.296 e. The number of nitrogens with zero attached hydrogens (tertiary/aromatic N) is 2. The molecule has 0 saturated heterocycles. The standard InChI is InChI=1S/C16H17ClN4O2.CH4O3S/c1-8-9-7-12(15(23)20-16(18)19)21-5-3-2-4-13(22)10(14(9)21)6-11(8)17;1-5(2,3)4/h6-7H,2-5H2,1H3,(H4,18,19,20,23);1H3,(H,2,3,4). The van der Waals surface area contributed by atoms with Crippen LogP contribution in [0.2, 0.25) is 5.02 Å². The van der Waals surface area contributed by atoms with E-state index in [0.29, 0.717) is 35.5 Å². The molecule has 2 heterocycles. The van der Waals surface area contributed by atoms with Crippen molar-refractivity contribution in [2.24, 2.45) is 16.5 Å². The number of halogens is 1. The van der Waals surface area contributed by atoms with E-state index < -0.39 is 16.0 Å². The molecule has 0 fully saturated rings. The van der Waals surface area contributed by atoms with Crippen LogP contribution in [-0.4, -0.2) is 41.4 Å². The molecule has 5 N–H and O–H groups in total. The molecule has 152 valence electrons. The zero-order valence-electron chi connectivity index (χ0n) is 15.4. The first kappa shape index (κ1) is 21.9. The van der Waals surface area contributed by atoms with Crippen LogP contribution in [-0.2, 0) is 16.7 Å². The number of aryl methyl sites for hydroxylation is 2. The highest BCUT2D eigenvalue weighted by Crippen LogP contribution is 2.34. The molecule has 28 heavy (non-hydrogen) atoms. The fourth-order valence-corrected chi connectivity index (χ4v) is 3.25. The van der Waals surface area contributed by atoms with Crippen molar-refractivity contribution < 1.29 is 22.6 Å². The van der Waals surface area contributed by atoms with E-state index >= 15 is 0 Å². The lowest BCUT2D eigenvalue weighted by Crippen LogP contribution is -2.25. The van der Waals surface area contributed by atoms with Crippen molar-refractivity contribution in [2.45, 2.75) is 32.7 Å². The number of rotatable bonds is 1. The van der Waals surface area contributed by atoms with E-state index in [1.807, 2.05) is 11.5 Å². The van der Waals surface area contributed by atoms with E-state index in [2.05, 4.69) is 4.99 Å². The van der Waals surface area contributed by atoms with Crippen LogP contribution in [0, 0.1) is 6.92 Å². The highest BCUT2D eigenvalue weighted by atomic mass is 35.5. The number of hydrogen-bond donors (Lipinski definition) is 3. The zero-order valence-corrected chi connectivity index (χ0v) is 17.0. The number of guanidine groups is 1. The van der Waals surface area contributed by atoms with Gasteiger partial charge in [0, 0.05) is 28.9 Å². The minimum atomic E-state index is -3.67. The molecule has 0 radical (unpaired) electrons. The van der Waals surface area contributed by atoms with E-state index in [-0.39, 0.29) is 11.7 Å². The van der Waals surface area contributed by atoms with Gasteiger partial charge in [0.15, 0.2) is 11.7 Å². The van der Waals surface area contributed by atoms with Gasteiger partial charge in [0.05, 0.1) is 11.8 Å². The normalized spacial score (nSPS) is 13.9. The van der Waals surface area contributed by atoms with Crippen LogP contribution < -0.4 is 11.5 Å². The Labute approximate surface area is 167 Å². The van der Waals surface area contributed by atoms with Crippen molar-refractivity contribution in [3.63, 3.8) is 0 Å².